The molecule has 92 valence electrons. The Kier molecular flexibility index (Phi) is 5.11. The molecule has 0 amide bonds. The lowest BCUT2D eigenvalue weighted by Crippen LogP contribution is -2.17. The summed E-state index contributed by atoms with van der Waals surface area (Å²) in [5.41, 5.74) is -0.223. The summed E-state index contributed by atoms with van der Waals surface area (Å²) in [7, 11) is 2.37. The van der Waals surface area contributed by atoms with Crippen molar-refractivity contribution in [2.75, 3.05) is 19.5 Å². The minimum atomic E-state index is -0.770. The van der Waals surface area contributed by atoms with E-state index in [1.807, 2.05) is 0 Å². The number of aromatic nitrogens is 1. The number of rotatable bonds is 4. The molecule has 8 heteroatoms. The number of esters is 2. The third-order valence-electron chi connectivity index (χ3n) is 1.65. The Hall–Kier alpha value is -1.41. The average Bonchev–Trinajstić information content (AvgIpc) is 2.74. The van der Waals surface area contributed by atoms with Gasteiger partial charge in [-0.15, -0.1) is 0 Å². The SMILES string of the molecule is COC(=O)C(=CNc1cnc(Br)s1)C(=O)OC. The monoisotopic (exact) mass is 320 g/mol. The molecule has 0 atom stereocenters. The quantitative estimate of drug-likeness (QED) is 0.392. The Labute approximate surface area is 110 Å². The lowest BCUT2D eigenvalue weighted by atomic mass is 10.3. The molecule has 17 heavy (non-hydrogen) atoms. The van der Waals surface area contributed by atoms with Gasteiger partial charge >= 0.3 is 11.9 Å². The summed E-state index contributed by atoms with van der Waals surface area (Å²) in [5, 5.41) is 3.43. The maximum Gasteiger partial charge on any atom is 0.346 e. The number of thiazole rings is 1. The van der Waals surface area contributed by atoms with Gasteiger partial charge in [0.15, 0.2) is 9.49 Å². The summed E-state index contributed by atoms with van der Waals surface area (Å²) in [4.78, 5) is 26.5. The molecule has 0 saturated heterocycles. The predicted octanol–water partition coefficient (Wildman–Crippen LogP) is 1.55. The molecule has 0 unspecified atom stereocenters. The van der Waals surface area contributed by atoms with Crippen LogP contribution in [0, 0.1) is 0 Å². The zero-order chi connectivity index (χ0) is 12.8. The fraction of sp³-hybridized carbons (Fsp3) is 0.222. The van der Waals surface area contributed by atoms with E-state index in [9.17, 15) is 9.59 Å². The average molecular weight is 321 g/mol. The molecule has 0 fully saturated rings. The minimum Gasteiger partial charge on any atom is -0.465 e. The first-order valence-corrected chi connectivity index (χ1v) is 5.94. The second kappa shape index (κ2) is 6.36. The number of nitrogens with zero attached hydrogens (tertiary/aromatic N) is 1. The zero-order valence-corrected chi connectivity index (χ0v) is 11.4. The number of halogens is 1. The second-order valence-corrected chi connectivity index (χ2v) is 4.97. The molecule has 0 aliphatic rings. The summed E-state index contributed by atoms with van der Waals surface area (Å²) >= 11 is 4.50. The molecule has 1 heterocycles. The molecule has 1 N–H and O–H groups in total. The van der Waals surface area contributed by atoms with Crippen molar-refractivity contribution >= 4 is 44.2 Å². The van der Waals surface area contributed by atoms with Gasteiger partial charge in [0.1, 0.15) is 5.00 Å². The van der Waals surface area contributed by atoms with Gasteiger partial charge in [-0.05, 0) is 15.9 Å². The maximum atomic E-state index is 11.3. The summed E-state index contributed by atoms with van der Waals surface area (Å²) in [6.07, 6.45) is 2.77. The van der Waals surface area contributed by atoms with Crippen LogP contribution in [-0.2, 0) is 19.1 Å². The minimum absolute atomic E-state index is 0.223. The highest BCUT2D eigenvalue weighted by molar-refractivity contribution is 9.11. The fourth-order valence-corrected chi connectivity index (χ4v) is 2.02. The van der Waals surface area contributed by atoms with Crippen LogP contribution in [0.3, 0.4) is 0 Å². The molecule has 1 aromatic rings. The molecule has 1 aromatic heterocycles. The van der Waals surface area contributed by atoms with Gasteiger partial charge in [-0.25, -0.2) is 14.6 Å². The van der Waals surface area contributed by atoms with E-state index in [0.717, 1.165) is 0 Å². The maximum absolute atomic E-state index is 11.3. The summed E-state index contributed by atoms with van der Waals surface area (Å²) in [5.74, 6) is -1.54. The Bertz CT molecular complexity index is 440. The van der Waals surface area contributed by atoms with Crippen molar-refractivity contribution in [3.8, 4) is 0 Å². The topological polar surface area (TPSA) is 77.5 Å². The van der Waals surface area contributed by atoms with E-state index in [-0.39, 0.29) is 5.57 Å². The Morgan fingerprint density at radius 1 is 1.41 bits per heavy atom. The number of methoxy groups -OCH3 is 2. The van der Waals surface area contributed by atoms with Crippen LogP contribution in [-0.4, -0.2) is 31.1 Å². The van der Waals surface area contributed by atoms with Crippen molar-refractivity contribution in [2.24, 2.45) is 0 Å². The van der Waals surface area contributed by atoms with Crippen LogP contribution in [0.5, 0.6) is 0 Å². The van der Waals surface area contributed by atoms with Crippen molar-refractivity contribution < 1.29 is 19.1 Å². The summed E-state index contributed by atoms with van der Waals surface area (Å²) in [6, 6.07) is 0. The lowest BCUT2D eigenvalue weighted by molar-refractivity contribution is -0.144. The van der Waals surface area contributed by atoms with Crippen LogP contribution in [0.1, 0.15) is 0 Å². The lowest BCUT2D eigenvalue weighted by Gasteiger charge is -2.03. The molecule has 0 aliphatic heterocycles. The van der Waals surface area contributed by atoms with Gasteiger partial charge in [-0.1, -0.05) is 11.3 Å². The highest BCUT2D eigenvalue weighted by Crippen LogP contribution is 2.23. The van der Waals surface area contributed by atoms with Gasteiger partial charge in [-0.2, -0.15) is 0 Å². The van der Waals surface area contributed by atoms with E-state index >= 15 is 0 Å². The molecule has 0 saturated carbocycles. The molecule has 0 spiro atoms. The van der Waals surface area contributed by atoms with Crippen LogP contribution < -0.4 is 5.32 Å². The number of hydrogen-bond acceptors (Lipinski definition) is 7. The Morgan fingerprint density at radius 3 is 2.41 bits per heavy atom. The number of anilines is 1. The van der Waals surface area contributed by atoms with E-state index in [1.165, 1.54) is 31.8 Å². The standard InChI is InChI=1S/C9H9BrN2O4S/c1-15-7(13)5(8(14)16-2)3-11-6-4-12-9(10)17-6/h3-4,11H,1-2H3. The third kappa shape index (κ3) is 3.82. The van der Waals surface area contributed by atoms with E-state index in [0.29, 0.717) is 8.92 Å². The molecule has 0 radical (unpaired) electrons. The molecule has 0 aliphatic carbocycles. The van der Waals surface area contributed by atoms with E-state index in [2.05, 4.69) is 35.7 Å². The van der Waals surface area contributed by atoms with Gasteiger partial charge in [-0.3, -0.25) is 0 Å². The van der Waals surface area contributed by atoms with Crippen molar-refractivity contribution in [3.05, 3.63) is 21.9 Å². The first-order chi connectivity index (χ1) is 8.08. The highest BCUT2D eigenvalue weighted by atomic mass is 79.9. The summed E-state index contributed by atoms with van der Waals surface area (Å²) < 4.78 is 9.61. The Balaban J connectivity index is 2.83. The fourth-order valence-electron chi connectivity index (χ4n) is 0.884. The van der Waals surface area contributed by atoms with Gasteiger partial charge in [0.2, 0.25) is 0 Å². The van der Waals surface area contributed by atoms with Gasteiger partial charge in [0.05, 0.1) is 20.4 Å². The normalized spacial score (nSPS) is 9.35. The molecule has 6 nitrogen and oxygen atoms in total. The van der Waals surface area contributed by atoms with Gasteiger partial charge in [0, 0.05) is 6.20 Å². The van der Waals surface area contributed by atoms with E-state index in [1.54, 1.807) is 6.20 Å². The largest absolute Gasteiger partial charge is 0.465 e. The first kappa shape index (κ1) is 13.7. The predicted molar refractivity (Wildman–Crippen MR) is 65.6 cm³/mol. The number of hydrogen-bond donors (Lipinski definition) is 1. The number of nitrogens with one attached hydrogen (secondary N) is 1. The van der Waals surface area contributed by atoms with Crippen molar-refractivity contribution in [1.29, 1.82) is 0 Å². The highest BCUT2D eigenvalue weighted by Gasteiger charge is 2.19. The molecule has 1 rings (SSSR count). The van der Waals surface area contributed by atoms with Crippen molar-refractivity contribution in [3.63, 3.8) is 0 Å². The number of carbonyl (C=O) groups is 2. The number of carbonyl (C=O) groups excluding carboxylic acids is 2. The smallest absolute Gasteiger partial charge is 0.346 e. The van der Waals surface area contributed by atoms with Crippen LogP contribution in [0.2, 0.25) is 0 Å². The van der Waals surface area contributed by atoms with Gasteiger partial charge < -0.3 is 14.8 Å². The Morgan fingerprint density at radius 2 is 2.00 bits per heavy atom. The van der Waals surface area contributed by atoms with Crippen LogP contribution in [0.4, 0.5) is 5.00 Å². The summed E-state index contributed by atoms with van der Waals surface area (Å²) in [6.45, 7) is 0. The third-order valence-corrected chi connectivity index (χ3v) is 3.05. The van der Waals surface area contributed by atoms with Gasteiger partial charge in [0.25, 0.3) is 0 Å². The molecule has 0 bridgehead atoms. The van der Waals surface area contributed by atoms with Crippen LogP contribution >= 0.6 is 27.3 Å². The number of ether oxygens (including phenoxy) is 2. The molecular formula is C9H9BrN2O4S. The zero-order valence-electron chi connectivity index (χ0n) is 9.02. The van der Waals surface area contributed by atoms with Crippen LogP contribution in [0.25, 0.3) is 0 Å². The molecule has 0 aromatic carbocycles. The molecular weight excluding hydrogens is 312 g/mol. The van der Waals surface area contributed by atoms with Crippen molar-refractivity contribution in [2.45, 2.75) is 0 Å². The van der Waals surface area contributed by atoms with Crippen LogP contribution in [0.15, 0.2) is 21.9 Å². The van der Waals surface area contributed by atoms with E-state index in [4.69, 9.17) is 0 Å². The second-order valence-electron chi connectivity index (χ2n) is 2.66. The van der Waals surface area contributed by atoms with Crippen molar-refractivity contribution in [1.82, 2.24) is 4.98 Å². The van der Waals surface area contributed by atoms with E-state index < -0.39 is 11.9 Å². The first-order valence-electron chi connectivity index (χ1n) is 4.33.